The smallest absolute Gasteiger partial charge is 0.191 e. The molecule has 0 aromatic heterocycles. The molecule has 2 N–H and O–H groups in total. The molecule has 0 heterocycles. The lowest BCUT2D eigenvalue weighted by Crippen LogP contribution is -2.42. The highest BCUT2D eigenvalue weighted by molar-refractivity contribution is 5.59. The van der Waals surface area contributed by atoms with E-state index in [1.165, 1.54) is 0 Å². The lowest BCUT2D eigenvalue weighted by atomic mass is 9.57. The van der Waals surface area contributed by atoms with E-state index in [4.69, 9.17) is 11.0 Å². The van der Waals surface area contributed by atoms with Crippen molar-refractivity contribution in [3.05, 3.63) is 58.3 Å². The molecule has 1 aromatic carbocycles. The van der Waals surface area contributed by atoms with Crippen LogP contribution in [0.25, 0.3) is 0 Å². The van der Waals surface area contributed by atoms with Crippen molar-refractivity contribution in [2.45, 2.75) is 25.2 Å². The Balaban J connectivity index is 2.29. The second-order valence-electron chi connectivity index (χ2n) is 6.34. The minimum atomic E-state index is -1.58. The van der Waals surface area contributed by atoms with E-state index in [0.717, 1.165) is 30.4 Å². The number of nitrogens with zero attached hydrogens (tertiary/aromatic N) is 4. The fourth-order valence-corrected chi connectivity index (χ4v) is 4.01. The molecule has 0 amide bonds. The molecule has 5 nitrogen and oxygen atoms in total. The maximum absolute atomic E-state index is 9.88. The molecule has 0 unspecified atom stereocenters. The van der Waals surface area contributed by atoms with Gasteiger partial charge in [-0.2, -0.15) is 21.0 Å². The molecule has 25 heavy (non-hydrogen) atoms. The Bertz CT molecular complexity index is 924. The first-order valence-electron chi connectivity index (χ1n) is 8.06. The minimum Gasteiger partial charge on any atom is -0.399 e. The second kappa shape index (κ2) is 6.16. The summed E-state index contributed by atoms with van der Waals surface area (Å²) in [7, 11) is 0. The van der Waals surface area contributed by atoms with Gasteiger partial charge in [-0.05, 0) is 48.4 Å². The van der Waals surface area contributed by atoms with E-state index in [1.807, 2.05) is 6.08 Å². The maximum atomic E-state index is 9.88. The van der Waals surface area contributed by atoms with Crippen LogP contribution in [0.4, 0.5) is 0 Å². The lowest BCUT2D eigenvalue weighted by molar-refractivity contribution is 0.317. The van der Waals surface area contributed by atoms with Crippen LogP contribution in [0.15, 0.2) is 47.2 Å². The number of rotatable bonds is 1. The van der Waals surface area contributed by atoms with Crippen LogP contribution < -0.4 is 5.73 Å². The molecule has 0 aliphatic heterocycles. The zero-order valence-corrected chi connectivity index (χ0v) is 13.5. The summed E-state index contributed by atoms with van der Waals surface area (Å²) < 4.78 is 0. The number of nitriles is 4. The first-order chi connectivity index (χ1) is 12.1. The van der Waals surface area contributed by atoms with E-state index in [0.29, 0.717) is 5.56 Å². The largest absolute Gasteiger partial charge is 0.399 e. The summed E-state index contributed by atoms with van der Waals surface area (Å²) in [6.45, 7) is 0. The third-order valence-electron chi connectivity index (χ3n) is 5.20. The van der Waals surface area contributed by atoms with Gasteiger partial charge in [0.05, 0.1) is 35.0 Å². The average molecular weight is 325 g/mol. The van der Waals surface area contributed by atoms with Gasteiger partial charge in [0, 0.05) is 5.92 Å². The fraction of sp³-hybridized carbons (Fsp3) is 0.300. The van der Waals surface area contributed by atoms with Crippen LogP contribution >= 0.6 is 0 Å². The first-order valence-corrected chi connectivity index (χ1v) is 8.06. The monoisotopic (exact) mass is 325 g/mol. The molecule has 2 atom stereocenters. The van der Waals surface area contributed by atoms with Crippen molar-refractivity contribution in [1.29, 1.82) is 21.0 Å². The molecule has 2 aliphatic carbocycles. The third-order valence-corrected chi connectivity index (χ3v) is 5.20. The molecule has 0 fully saturated rings. The Labute approximate surface area is 146 Å². The summed E-state index contributed by atoms with van der Waals surface area (Å²) in [6.07, 6.45) is 4.60. The predicted molar refractivity (Wildman–Crippen MR) is 89.8 cm³/mol. The number of nitrogens with two attached hydrogens (primary N) is 1. The normalized spacial score (nSPS) is 23.9. The summed E-state index contributed by atoms with van der Waals surface area (Å²) in [5.41, 5.74) is 7.08. The number of fused-ring (bicyclic) bond motifs is 1. The highest BCUT2D eigenvalue weighted by Crippen LogP contribution is 2.55. The van der Waals surface area contributed by atoms with Gasteiger partial charge in [0.25, 0.3) is 0 Å². The van der Waals surface area contributed by atoms with Crippen LogP contribution in [-0.4, -0.2) is 0 Å². The van der Waals surface area contributed by atoms with E-state index < -0.39 is 11.3 Å². The molecular weight excluding hydrogens is 310 g/mol. The van der Waals surface area contributed by atoms with Gasteiger partial charge >= 0.3 is 0 Å². The van der Waals surface area contributed by atoms with Crippen molar-refractivity contribution in [2.75, 3.05) is 0 Å². The number of benzene rings is 1. The molecule has 0 saturated carbocycles. The van der Waals surface area contributed by atoms with Gasteiger partial charge in [-0.25, -0.2) is 0 Å². The summed E-state index contributed by atoms with van der Waals surface area (Å²) >= 11 is 0. The lowest BCUT2D eigenvalue weighted by Gasteiger charge is -2.43. The number of hydrogen-bond donors (Lipinski definition) is 1. The Kier molecular flexibility index (Phi) is 4.02. The molecule has 0 saturated heterocycles. The highest BCUT2D eigenvalue weighted by atomic mass is 14.7. The summed E-state index contributed by atoms with van der Waals surface area (Å²) in [5.74, 6) is -0.568. The number of allylic oxidation sites excluding steroid dienone is 4. The summed E-state index contributed by atoms with van der Waals surface area (Å²) in [6, 6.07) is 15.3. The molecule has 5 heteroatoms. The van der Waals surface area contributed by atoms with Crippen molar-refractivity contribution in [2.24, 2.45) is 17.1 Å². The molecular formula is C20H15N5. The van der Waals surface area contributed by atoms with Crippen LogP contribution in [-0.2, 0) is 0 Å². The summed E-state index contributed by atoms with van der Waals surface area (Å²) in [5, 5.41) is 38.3. The molecule has 2 aliphatic rings. The van der Waals surface area contributed by atoms with Crippen LogP contribution in [0.2, 0.25) is 0 Å². The SMILES string of the molecule is N#CC1=C(N)C(C#N)(C#N)[C@H](c2ccc(C#N)cc2)[C@H]2CCCC=C12. The van der Waals surface area contributed by atoms with Gasteiger partial charge in [-0.1, -0.05) is 18.2 Å². The zero-order chi connectivity index (χ0) is 18.0. The third kappa shape index (κ3) is 2.27. The van der Waals surface area contributed by atoms with E-state index in [-0.39, 0.29) is 17.2 Å². The van der Waals surface area contributed by atoms with E-state index >= 15 is 0 Å². The molecule has 0 spiro atoms. The van der Waals surface area contributed by atoms with E-state index in [9.17, 15) is 15.8 Å². The Morgan fingerprint density at radius 3 is 2.24 bits per heavy atom. The molecule has 3 rings (SSSR count). The summed E-state index contributed by atoms with van der Waals surface area (Å²) in [4.78, 5) is 0. The van der Waals surface area contributed by atoms with Gasteiger partial charge < -0.3 is 5.73 Å². The average Bonchev–Trinajstić information content (AvgIpc) is 2.67. The highest BCUT2D eigenvalue weighted by Gasteiger charge is 2.53. The van der Waals surface area contributed by atoms with Crippen LogP contribution in [0.1, 0.15) is 36.3 Å². The Morgan fingerprint density at radius 1 is 1.00 bits per heavy atom. The Morgan fingerprint density at radius 2 is 1.68 bits per heavy atom. The van der Waals surface area contributed by atoms with Crippen molar-refractivity contribution >= 4 is 0 Å². The number of hydrogen-bond acceptors (Lipinski definition) is 5. The van der Waals surface area contributed by atoms with E-state index in [1.54, 1.807) is 24.3 Å². The van der Waals surface area contributed by atoms with Crippen molar-refractivity contribution in [3.63, 3.8) is 0 Å². The maximum Gasteiger partial charge on any atom is 0.191 e. The Hall–Kier alpha value is -3.54. The van der Waals surface area contributed by atoms with Crippen LogP contribution in [0.3, 0.4) is 0 Å². The van der Waals surface area contributed by atoms with Gasteiger partial charge in [-0.3, -0.25) is 0 Å². The fourth-order valence-electron chi connectivity index (χ4n) is 4.01. The quantitative estimate of drug-likeness (QED) is 0.850. The topological polar surface area (TPSA) is 121 Å². The zero-order valence-electron chi connectivity index (χ0n) is 13.5. The second-order valence-corrected chi connectivity index (χ2v) is 6.34. The van der Waals surface area contributed by atoms with Crippen LogP contribution in [0.5, 0.6) is 0 Å². The molecule has 120 valence electrons. The molecule has 0 bridgehead atoms. The van der Waals surface area contributed by atoms with Gasteiger partial charge in [0.15, 0.2) is 5.41 Å². The van der Waals surface area contributed by atoms with Crippen molar-refractivity contribution in [3.8, 4) is 24.3 Å². The van der Waals surface area contributed by atoms with Crippen LogP contribution in [0, 0.1) is 56.7 Å². The molecule has 0 radical (unpaired) electrons. The standard InChI is InChI=1S/C20H15N5/c21-9-13-5-7-14(8-6-13)18-16-4-2-1-3-15(16)17(10-22)19(25)20(18,11-23)12-24/h3,5-8,16,18H,1-2,4,25H2/t16-,18+/m0/s1. The van der Waals surface area contributed by atoms with Crippen molar-refractivity contribution < 1.29 is 0 Å². The van der Waals surface area contributed by atoms with E-state index in [2.05, 4.69) is 24.3 Å². The minimum absolute atomic E-state index is 0.0405. The van der Waals surface area contributed by atoms with Gasteiger partial charge in [0.2, 0.25) is 0 Å². The van der Waals surface area contributed by atoms with Crippen molar-refractivity contribution in [1.82, 2.24) is 0 Å². The van der Waals surface area contributed by atoms with Gasteiger partial charge in [-0.15, -0.1) is 0 Å². The molecule has 1 aromatic rings. The predicted octanol–water partition coefficient (Wildman–Crippen LogP) is 3.15. The first kappa shape index (κ1) is 16.3. The van der Waals surface area contributed by atoms with Gasteiger partial charge in [0.1, 0.15) is 6.07 Å².